The van der Waals surface area contributed by atoms with Gasteiger partial charge in [0.05, 0.1) is 17.7 Å². The van der Waals surface area contributed by atoms with Gasteiger partial charge in [-0.15, -0.1) is 0 Å². The smallest absolute Gasteiger partial charge is 0.264 e. The molecule has 8 nitrogen and oxygen atoms in total. The van der Waals surface area contributed by atoms with Crippen LogP contribution in [0.5, 0.6) is 5.75 Å². The van der Waals surface area contributed by atoms with Crippen molar-refractivity contribution in [1.82, 2.24) is 10.2 Å². The first-order valence-electron chi connectivity index (χ1n) is 15.0. The Morgan fingerprint density at radius 3 is 2.16 bits per heavy atom. The molecule has 0 fully saturated rings. The monoisotopic (exact) mass is 627 g/mol. The highest BCUT2D eigenvalue weighted by Crippen LogP contribution is 2.34. The van der Waals surface area contributed by atoms with E-state index in [1.54, 1.807) is 30.3 Å². The second-order valence-electron chi connectivity index (χ2n) is 10.9. The molecule has 0 aromatic heterocycles. The van der Waals surface area contributed by atoms with Crippen molar-refractivity contribution < 1.29 is 22.7 Å². The summed E-state index contributed by atoms with van der Waals surface area (Å²) >= 11 is 0. The minimum absolute atomic E-state index is 0.0355. The van der Waals surface area contributed by atoms with Crippen LogP contribution < -0.4 is 14.4 Å². The van der Waals surface area contributed by atoms with Gasteiger partial charge in [-0.1, -0.05) is 85.8 Å². The molecule has 0 saturated heterocycles. The summed E-state index contributed by atoms with van der Waals surface area (Å²) in [6.07, 6.45) is 0.985. The van der Waals surface area contributed by atoms with E-state index in [0.717, 1.165) is 33.0 Å². The summed E-state index contributed by atoms with van der Waals surface area (Å²) in [6.45, 7) is 5.78. The lowest BCUT2D eigenvalue weighted by atomic mass is 10.0. The van der Waals surface area contributed by atoms with Crippen molar-refractivity contribution in [2.75, 3.05) is 24.5 Å². The average Bonchev–Trinajstić information content (AvgIpc) is 3.05. The van der Waals surface area contributed by atoms with Crippen LogP contribution in [0.15, 0.2) is 108 Å². The maximum Gasteiger partial charge on any atom is 0.264 e. The van der Waals surface area contributed by atoms with Crippen LogP contribution in [0.4, 0.5) is 5.69 Å². The Hall–Kier alpha value is -4.63. The molecule has 236 valence electrons. The number of carbonyl (C=O) groups excluding carboxylic acids is 2. The van der Waals surface area contributed by atoms with Gasteiger partial charge in [0.2, 0.25) is 11.8 Å². The van der Waals surface area contributed by atoms with E-state index in [-0.39, 0.29) is 29.5 Å². The maximum absolute atomic E-state index is 14.6. The number of carbonyl (C=O) groups is 2. The summed E-state index contributed by atoms with van der Waals surface area (Å²) in [5, 5.41) is 2.97. The van der Waals surface area contributed by atoms with E-state index in [0.29, 0.717) is 12.3 Å². The van der Waals surface area contributed by atoms with Crippen molar-refractivity contribution in [2.45, 2.75) is 51.1 Å². The van der Waals surface area contributed by atoms with E-state index in [1.165, 1.54) is 24.1 Å². The lowest BCUT2D eigenvalue weighted by Gasteiger charge is -2.34. The van der Waals surface area contributed by atoms with Gasteiger partial charge < -0.3 is 15.0 Å². The van der Waals surface area contributed by atoms with Gasteiger partial charge in [0.1, 0.15) is 18.3 Å². The summed E-state index contributed by atoms with van der Waals surface area (Å²) in [5.41, 5.74) is 3.73. The van der Waals surface area contributed by atoms with Crippen LogP contribution in [0.25, 0.3) is 0 Å². The molecule has 0 aliphatic rings. The van der Waals surface area contributed by atoms with Crippen molar-refractivity contribution in [3.05, 3.63) is 125 Å². The largest absolute Gasteiger partial charge is 0.495 e. The number of sulfonamides is 1. The van der Waals surface area contributed by atoms with E-state index in [9.17, 15) is 18.0 Å². The number of hydrogen-bond donors (Lipinski definition) is 1. The predicted octanol–water partition coefficient (Wildman–Crippen LogP) is 5.67. The Morgan fingerprint density at radius 2 is 1.51 bits per heavy atom. The lowest BCUT2D eigenvalue weighted by molar-refractivity contribution is -0.140. The molecule has 0 aliphatic heterocycles. The highest BCUT2D eigenvalue weighted by molar-refractivity contribution is 7.92. The van der Waals surface area contributed by atoms with Gasteiger partial charge in [0.25, 0.3) is 10.0 Å². The molecule has 0 radical (unpaired) electrons. The Labute approximate surface area is 266 Å². The molecule has 0 unspecified atom stereocenters. The number of nitrogens with one attached hydrogen (secondary N) is 1. The van der Waals surface area contributed by atoms with Crippen LogP contribution in [0.2, 0.25) is 0 Å². The summed E-state index contributed by atoms with van der Waals surface area (Å²) in [7, 11) is -2.77. The van der Waals surface area contributed by atoms with E-state index in [1.807, 2.05) is 81.4 Å². The van der Waals surface area contributed by atoms with Gasteiger partial charge in [0.15, 0.2) is 0 Å². The van der Waals surface area contributed by atoms with Gasteiger partial charge in [0, 0.05) is 19.5 Å². The number of methoxy groups -OCH3 is 1. The summed E-state index contributed by atoms with van der Waals surface area (Å²) < 4.78 is 35.1. The third kappa shape index (κ3) is 8.30. The molecule has 0 aliphatic carbocycles. The van der Waals surface area contributed by atoms with Gasteiger partial charge in [-0.3, -0.25) is 13.9 Å². The average molecular weight is 628 g/mol. The molecule has 45 heavy (non-hydrogen) atoms. The molecular weight excluding hydrogens is 586 g/mol. The van der Waals surface area contributed by atoms with Crippen molar-refractivity contribution in [1.29, 1.82) is 0 Å². The van der Waals surface area contributed by atoms with Crippen LogP contribution in [-0.4, -0.2) is 51.4 Å². The molecule has 1 N–H and O–H groups in total. The first-order valence-corrected chi connectivity index (χ1v) is 16.5. The van der Waals surface area contributed by atoms with Gasteiger partial charge in [-0.05, 0) is 66.8 Å². The molecule has 0 spiro atoms. The molecule has 0 saturated carbocycles. The van der Waals surface area contributed by atoms with Gasteiger partial charge in [-0.2, -0.15) is 0 Å². The SMILES string of the molecule is CCCNC(=O)[C@H](Cc1ccccc1)N(Cc1ccccc1C)C(=O)CN(c1cc(C)ccc1OC)S(=O)(=O)c1ccccc1. The zero-order valence-electron chi connectivity index (χ0n) is 26.3. The molecule has 4 aromatic rings. The molecular formula is C36H41N3O5S. The van der Waals surface area contributed by atoms with Crippen molar-refractivity contribution in [3.8, 4) is 5.75 Å². The standard InChI is InChI=1S/C36H41N3O5S/c1-5-22-37-36(41)33(24-29-15-8-6-9-16-29)38(25-30-17-13-12-14-28(30)3)35(40)26-39(32-23-27(2)20-21-34(32)44-4)45(42,43)31-18-10-7-11-19-31/h6-21,23,33H,5,22,24-26H2,1-4H3,(H,37,41)/t33-/m0/s1. The molecule has 1 atom stereocenters. The first kappa shape index (κ1) is 33.3. The highest BCUT2D eigenvalue weighted by atomic mass is 32.2. The summed E-state index contributed by atoms with van der Waals surface area (Å²) in [4.78, 5) is 29.9. The third-order valence-electron chi connectivity index (χ3n) is 7.64. The molecule has 0 bridgehead atoms. The van der Waals surface area contributed by atoms with Crippen LogP contribution >= 0.6 is 0 Å². The third-order valence-corrected chi connectivity index (χ3v) is 9.41. The number of rotatable bonds is 14. The normalized spacial score (nSPS) is 11.8. The van der Waals surface area contributed by atoms with Crippen LogP contribution in [-0.2, 0) is 32.6 Å². The lowest BCUT2D eigenvalue weighted by Crippen LogP contribution is -2.53. The molecule has 4 rings (SSSR count). The predicted molar refractivity (Wildman–Crippen MR) is 178 cm³/mol. The minimum Gasteiger partial charge on any atom is -0.495 e. The fourth-order valence-electron chi connectivity index (χ4n) is 5.12. The van der Waals surface area contributed by atoms with E-state index >= 15 is 0 Å². The topological polar surface area (TPSA) is 96.0 Å². The zero-order valence-corrected chi connectivity index (χ0v) is 27.1. The molecule has 4 aromatic carbocycles. The van der Waals surface area contributed by atoms with Crippen LogP contribution in [0.1, 0.15) is 35.6 Å². The van der Waals surface area contributed by atoms with E-state index < -0.39 is 28.5 Å². The van der Waals surface area contributed by atoms with Crippen molar-refractivity contribution in [2.24, 2.45) is 0 Å². The molecule has 0 heterocycles. The summed E-state index contributed by atoms with van der Waals surface area (Å²) in [5.74, 6) is -0.512. The fraction of sp³-hybridized carbons (Fsp3) is 0.278. The quantitative estimate of drug-likeness (QED) is 0.194. The number of anilines is 1. The Kier molecular flexibility index (Phi) is 11.4. The number of hydrogen-bond acceptors (Lipinski definition) is 5. The number of benzene rings is 4. The Morgan fingerprint density at radius 1 is 0.867 bits per heavy atom. The van der Waals surface area contributed by atoms with Crippen LogP contribution in [0.3, 0.4) is 0 Å². The van der Waals surface area contributed by atoms with Crippen molar-refractivity contribution >= 4 is 27.5 Å². The van der Waals surface area contributed by atoms with Crippen molar-refractivity contribution in [3.63, 3.8) is 0 Å². The number of nitrogens with zero attached hydrogens (tertiary/aromatic N) is 2. The fourth-order valence-corrected chi connectivity index (χ4v) is 6.56. The second kappa shape index (κ2) is 15.4. The summed E-state index contributed by atoms with van der Waals surface area (Å²) in [6, 6.07) is 29.5. The number of ether oxygens (including phenoxy) is 1. The highest BCUT2D eigenvalue weighted by Gasteiger charge is 2.35. The second-order valence-corrected chi connectivity index (χ2v) is 12.8. The molecule has 2 amide bonds. The zero-order chi connectivity index (χ0) is 32.4. The first-order chi connectivity index (χ1) is 21.6. The van der Waals surface area contributed by atoms with Gasteiger partial charge in [-0.25, -0.2) is 8.42 Å². The Bertz CT molecular complexity index is 1690. The van der Waals surface area contributed by atoms with Gasteiger partial charge >= 0.3 is 0 Å². The maximum atomic E-state index is 14.6. The number of aryl methyl sites for hydroxylation is 2. The Balaban J connectivity index is 1.85. The van der Waals surface area contributed by atoms with E-state index in [2.05, 4.69) is 5.32 Å². The van der Waals surface area contributed by atoms with E-state index in [4.69, 9.17) is 4.74 Å². The number of amides is 2. The molecule has 9 heteroatoms. The van der Waals surface area contributed by atoms with Crippen LogP contribution in [0, 0.1) is 13.8 Å². The minimum atomic E-state index is -4.23.